The highest BCUT2D eigenvalue weighted by Gasteiger charge is 2.35. The van der Waals surface area contributed by atoms with Crippen LogP contribution in [0.4, 0.5) is 4.79 Å². The SMILES string of the molecule is CCC(C)(C)C(=O)[C@H](CCCNC(N)=O)NC(=O)[C@@H](NC(=O)CCCCCNC(CC(C)(C)C)CC(C)(C)C)C(C)C. The van der Waals surface area contributed by atoms with Crippen LogP contribution in [-0.2, 0) is 14.4 Å². The summed E-state index contributed by atoms with van der Waals surface area (Å²) in [6.07, 6.45) is 6.76. The fourth-order valence-electron chi connectivity index (χ4n) is 5.06. The highest BCUT2D eigenvalue weighted by Crippen LogP contribution is 2.29. The van der Waals surface area contributed by atoms with Gasteiger partial charge in [-0.2, -0.15) is 0 Å². The van der Waals surface area contributed by atoms with Crippen LogP contribution in [-0.4, -0.2) is 54.8 Å². The van der Waals surface area contributed by atoms with Crippen molar-refractivity contribution in [3.63, 3.8) is 0 Å². The van der Waals surface area contributed by atoms with E-state index in [0.717, 1.165) is 38.6 Å². The summed E-state index contributed by atoms with van der Waals surface area (Å²) in [7, 11) is 0. The maximum Gasteiger partial charge on any atom is 0.312 e. The van der Waals surface area contributed by atoms with E-state index >= 15 is 0 Å². The molecule has 0 unspecified atom stereocenters. The molecule has 4 amide bonds. The second-order valence-corrected chi connectivity index (χ2v) is 15.4. The molecule has 0 aliphatic carbocycles. The molecule has 2 atom stereocenters. The van der Waals surface area contributed by atoms with Gasteiger partial charge in [-0.25, -0.2) is 4.79 Å². The zero-order valence-corrected chi connectivity index (χ0v) is 28.8. The van der Waals surface area contributed by atoms with E-state index in [0.29, 0.717) is 38.3 Å². The van der Waals surface area contributed by atoms with Crippen molar-refractivity contribution in [2.75, 3.05) is 13.1 Å². The third-order valence-corrected chi connectivity index (χ3v) is 7.65. The average Bonchev–Trinajstić information content (AvgIpc) is 2.83. The van der Waals surface area contributed by atoms with Gasteiger partial charge in [-0.3, -0.25) is 14.4 Å². The average molecular weight is 596 g/mol. The van der Waals surface area contributed by atoms with Crippen molar-refractivity contribution < 1.29 is 19.2 Å². The standard InChI is InChI=1S/C33H65N5O4/c1-12-33(10,11)28(40)25(17-16-20-36-30(34)42)37-29(41)27(23(2)3)38-26(39)18-14-13-15-19-35-24(21-31(4,5)6)22-32(7,8)9/h23-25,27,35H,12-22H2,1-11H3,(H,37,41)(H,38,39)(H3,34,36,42)/t25-,27-/m0/s1. The van der Waals surface area contributed by atoms with Crippen molar-refractivity contribution in [3.05, 3.63) is 0 Å². The largest absolute Gasteiger partial charge is 0.352 e. The molecule has 0 aromatic carbocycles. The number of urea groups is 1. The zero-order valence-electron chi connectivity index (χ0n) is 28.8. The van der Waals surface area contributed by atoms with E-state index in [9.17, 15) is 19.2 Å². The first kappa shape index (κ1) is 39.8. The fraction of sp³-hybridized carbons (Fsp3) is 0.879. The van der Waals surface area contributed by atoms with E-state index < -0.39 is 23.5 Å². The molecule has 42 heavy (non-hydrogen) atoms. The van der Waals surface area contributed by atoms with Gasteiger partial charge in [-0.15, -0.1) is 0 Å². The second kappa shape index (κ2) is 18.5. The van der Waals surface area contributed by atoms with Crippen LogP contribution in [0.1, 0.15) is 134 Å². The van der Waals surface area contributed by atoms with Crippen molar-refractivity contribution in [1.82, 2.24) is 21.3 Å². The van der Waals surface area contributed by atoms with E-state index in [2.05, 4.69) is 62.8 Å². The lowest BCUT2D eigenvalue weighted by atomic mass is 9.80. The van der Waals surface area contributed by atoms with Crippen LogP contribution in [0.15, 0.2) is 0 Å². The summed E-state index contributed by atoms with van der Waals surface area (Å²) in [4.78, 5) is 50.3. The topological polar surface area (TPSA) is 142 Å². The van der Waals surface area contributed by atoms with Gasteiger partial charge in [0.05, 0.1) is 6.04 Å². The number of amides is 4. The lowest BCUT2D eigenvalue weighted by Crippen LogP contribution is -2.55. The Morgan fingerprint density at radius 2 is 1.33 bits per heavy atom. The summed E-state index contributed by atoms with van der Waals surface area (Å²) >= 11 is 0. The monoisotopic (exact) mass is 596 g/mol. The van der Waals surface area contributed by atoms with Crippen LogP contribution in [0.25, 0.3) is 0 Å². The summed E-state index contributed by atoms with van der Waals surface area (Å²) in [6, 6.07) is -1.61. The summed E-state index contributed by atoms with van der Waals surface area (Å²) in [6.45, 7) is 24.3. The number of hydrogen-bond donors (Lipinski definition) is 5. The Morgan fingerprint density at radius 3 is 1.81 bits per heavy atom. The predicted octanol–water partition coefficient (Wildman–Crippen LogP) is 5.46. The predicted molar refractivity (Wildman–Crippen MR) is 173 cm³/mol. The second-order valence-electron chi connectivity index (χ2n) is 15.4. The summed E-state index contributed by atoms with van der Waals surface area (Å²) in [5.41, 5.74) is 5.06. The molecule has 0 rings (SSSR count). The Bertz CT molecular complexity index is 826. The molecular formula is C33H65N5O4. The Kier molecular flexibility index (Phi) is 17.5. The number of nitrogens with two attached hydrogens (primary N) is 1. The quantitative estimate of drug-likeness (QED) is 0.119. The van der Waals surface area contributed by atoms with Gasteiger partial charge in [0.15, 0.2) is 5.78 Å². The van der Waals surface area contributed by atoms with E-state index in [1.165, 1.54) is 0 Å². The maximum absolute atomic E-state index is 13.3. The smallest absolute Gasteiger partial charge is 0.312 e. The minimum atomic E-state index is -0.737. The molecule has 246 valence electrons. The molecule has 0 saturated heterocycles. The lowest BCUT2D eigenvalue weighted by molar-refractivity contribution is -0.135. The minimum absolute atomic E-state index is 0.0629. The summed E-state index contributed by atoms with van der Waals surface area (Å²) in [5.74, 6) is -0.726. The number of hydrogen-bond acceptors (Lipinski definition) is 5. The van der Waals surface area contributed by atoms with Crippen molar-refractivity contribution in [1.29, 1.82) is 0 Å². The number of carbonyl (C=O) groups excluding carboxylic acids is 4. The first-order valence-electron chi connectivity index (χ1n) is 16.1. The molecule has 0 aromatic rings. The van der Waals surface area contributed by atoms with Crippen LogP contribution in [0, 0.1) is 22.2 Å². The van der Waals surface area contributed by atoms with Gasteiger partial charge in [0.2, 0.25) is 11.8 Å². The molecular weight excluding hydrogens is 530 g/mol. The number of carbonyl (C=O) groups is 4. The van der Waals surface area contributed by atoms with Crippen molar-refractivity contribution in [2.45, 2.75) is 152 Å². The molecule has 0 aliphatic rings. The van der Waals surface area contributed by atoms with Gasteiger partial charge in [-0.1, -0.05) is 82.6 Å². The van der Waals surface area contributed by atoms with Gasteiger partial charge in [0.25, 0.3) is 0 Å². The molecule has 9 nitrogen and oxygen atoms in total. The minimum Gasteiger partial charge on any atom is -0.352 e. The molecule has 6 N–H and O–H groups in total. The van der Waals surface area contributed by atoms with E-state index in [4.69, 9.17) is 5.73 Å². The van der Waals surface area contributed by atoms with E-state index in [1.807, 2.05) is 34.6 Å². The molecule has 0 saturated carbocycles. The van der Waals surface area contributed by atoms with E-state index in [1.54, 1.807) is 0 Å². The van der Waals surface area contributed by atoms with Gasteiger partial charge in [0.1, 0.15) is 6.04 Å². The van der Waals surface area contributed by atoms with E-state index in [-0.39, 0.29) is 34.3 Å². The summed E-state index contributed by atoms with van der Waals surface area (Å²) < 4.78 is 0. The number of Topliss-reactive ketones (excluding diaryl/α,β-unsaturated/α-hetero) is 1. The Morgan fingerprint density at radius 1 is 0.762 bits per heavy atom. The van der Waals surface area contributed by atoms with Crippen LogP contribution < -0.4 is 27.0 Å². The van der Waals surface area contributed by atoms with Crippen LogP contribution in [0.5, 0.6) is 0 Å². The van der Waals surface area contributed by atoms with Crippen LogP contribution in [0.2, 0.25) is 0 Å². The van der Waals surface area contributed by atoms with Crippen molar-refractivity contribution >= 4 is 23.6 Å². The third-order valence-electron chi connectivity index (χ3n) is 7.65. The first-order chi connectivity index (χ1) is 19.2. The third kappa shape index (κ3) is 18.4. The molecule has 9 heteroatoms. The molecule has 0 radical (unpaired) electrons. The first-order valence-corrected chi connectivity index (χ1v) is 16.1. The lowest BCUT2D eigenvalue weighted by Gasteiger charge is -2.32. The van der Waals surface area contributed by atoms with Gasteiger partial charge in [0, 0.05) is 24.4 Å². The van der Waals surface area contributed by atoms with Gasteiger partial charge < -0.3 is 27.0 Å². The molecule has 0 bridgehead atoms. The number of unbranched alkanes of at least 4 members (excludes halogenated alkanes) is 2. The zero-order chi connectivity index (χ0) is 32.7. The number of ketones is 1. The molecule has 0 spiro atoms. The molecule has 0 aliphatic heterocycles. The van der Waals surface area contributed by atoms with Gasteiger partial charge in [-0.05, 0) is 68.2 Å². The molecule has 0 aromatic heterocycles. The highest BCUT2D eigenvalue weighted by atomic mass is 16.2. The Labute approximate surface area is 257 Å². The Balaban J connectivity index is 4.95. The van der Waals surface area contributed by atoms with Gasteiger partial charge >= 0.3 is 6.03 Å². The molecule has 0 fully saturated rings. The van der Waals surface area contributed by atoms with Crippen molar-refractivity contribution in [2.24, 2.45) is 27.9 Å². The van der Waals surface area contributed by atoms with Crippen molar-refractivity contribution in [3.8, 4) is 0 Å². The van der Waals surface area contributed by atoms with Crippen LogP contribution >= 0.6 is 0 Å². The number of primary amides is 1. The fourth-order valence-corrected chi connectivity index (χ4v) is 5.06. The highest BCUT2D eigenvalue weighted by molar-refractivity contribution is 5.95. The van der Waals surface area contributed by atoms with Crippen LogP contribution in [0.3, 0.4) is 0 Å². The normalized spacial score (nSPS) is 14.0. The molecule has 0 heterocycles. The maximum atomic E-state index is 13.3. The summed E-state index contributed by atoms with van der Waals surface area (Å²) in [5, 5.41) is 12.1. The Hall–Kier alpha value is -2.16. The number of rotatable bonds is 20. The number of nitrogens with one attached hydrogen (secondary N) is 4.